The highest BCUT2D eigenvalue weighted by Crippen LogP contribution is 2.16. The van der Waals surface area contributed by atoms with E-state index < -0.39 is 0 Å². The smallest absolute Gasteiger partial charge is 0.315 e. The zero-order valence-electron chi connectivity index (χ0n) is 9.46. The number of hydrogen-bond donors (Lipinski definition) is 2. The van der Waals surface area contributed by atoms with Crippen molar-refractivity contribution in [1.29, 1.82) is 0 Å². The molecule has 0 radical (unpaired) electrons. The van der Waals surface area contributed by atoms with Crippen molar-refractivity contribution in [3.63, 3.8) is 0 Å². The summed E-state index contributed by atoms with van der Waals surface area (Å²) >= 11 is 1.69. The van der Waals surface area contributed by atoms with Crippen LogP contribution in [0.2, 0.25) is 0 Å². The molecule has 3 nitrogen and oxygen atoms in total. The molecule has 15 heavy (non-hydrogen) atoms. The van der Waals surface area contributed by atoms with Gasteiger partial charge in [0, 0.05) is 10.9 Å². The fourth-order valence-corrected chi connectivity index (χ4v) is 2.23. The van der Waals surface area contributed by atoms with Crippen LogP contribution in [0.15, 0.2) is 11.4 Å². The Bertz CT molecular complexity index is 320. The molecule has 4 heteroatoms. The number of carbonyl (C=O) groups excluding carboxylic acids is 1. The number of aryl methyl sites for hydroxylation is 1. The van der Waals surface area contributed by atoms with Gasteiger partial charge in [0.1, 0.15) is 0 Å². The van der Waals surface area contributed by atoms with Gasteiger partial charge in [-0.3, -0.25) is 0 Å². The third-order valence-electron chi connectivity index (χ3n) is 2.05. The molecule has 0 unspecified atom stereocenters. The first-order chi connectivity index (χ1) is 7.13. The number of carbonyl (C=O) groups is 1. The van der Waals surface area contributed by atoms with E-state index in [1.807, 2.05) is 13.8 Å². The van der Waals surface area contributed by atoms with E-state index in [4.69, 9.17) is 0 Å². The Labute approximate surface area is 94.9 Å². The third kappa shape index (κ3) is 3.91. The lowest BCUT2D eigenvalue weighted by Crippen LogP contribution is -2.39. The van der Waals surface area contributed by atoms with Crippen LogP contribution in [-0.4, -0.2) is 12.1 Å². The average Bonchev–Trinajstić information content (AvgIpc) is 2.60. The maximum Gasteiger partial charge on any atom is 0.315 e. The van der Waals surface area contributed by atoms with Crippen molar-refractivity contribution in [2.75, 3.05) is 0 Å². The molecular weight excluding hydrogens is 208 g/mol. The second-order valence-corrected chi connectivity index (χ2v) is 4.70. The lowest BCUT2D eigenvalue weighted by molar-refractivity contribution is 0.238. The third-order valence-corrected chi connectivity index (χ3v) is 3.01. The molecule has 0 aliphatic carbocycles. The van der Waals surface area contributed by atoms with E-state index in [0.717, 1.165) is 6.42 Å². The van der Waals surface area contributed by atoms with Gasteiger partial charge in [-0.25, -0.2) is 4.79 Å². The molecule has 0 aromatic carbocycles. The quantitative estimate of drug-likeness (QED) is 0.814. The predicted octanol–water partition coefficient (Wildman–Crippen LogP) is 2.52. The first kappa shape index (κ1) is 12.0. The van der Waals surface area contributed by atoms with Gasteiger partial charge in [0.15, 0.2) is 0 Å². The Morgan fingerprint density at radius 3 is 2.87 bits per heavy atom. The summed E-state index contributed by atoms with van der Waals surface area (Å²) in [6, 6.07) is 2.20. The molecule has 0 spiro atoms. The molecule has 1 aromatic heterocycles. The first-order valence-electron chi connectivity index (χ1n) is 5.23. The number of thiophene rings is 1. The molecule has 0 saturated heterocycles. The van der Waals surface area contributed by atoms with E-state index in [-0.39, 0.29) is 12.1 Å². The highest BCUT2D eigenvalue weighted by Gasteiger charge is 2.05. The summed E-state index contributed by atoms with van der Waals surface area (Å²) in [6.45, 7) is 6.64. The Balaban J connectivity index is 2.40. The van der Waals surface area contributed by atoms with Gasteiger partial charge in [0.25, 0.3) is 0 Å². The van der Waals surface area contributed by atoms with Crippen LogP contribution in [0.5, 0.6) is 0 Å². The van der Waals surface area contributed by atoms with E-state index in [2.05, 4.69) is 29.0 Å². The van der Waals surface area contributed by atoms with Crippen LogP contribution in [0, 0.1) is 0 Å². The second-order valence-electron chi connectivity index (χ2n) is 3.70. The fourth-order valence-electron chi connectivity index (χ4n) is 1.31. The highest BCUT2D eigenvalue weighted by molar-refractivity contribution is 7.10. The van der Waals surface area contributed by atoms with Crippen LogP contribution in [0.4, 0.5) is 4.79 Å². The first-order valence-corrected chi connectivity index (χ1v) is 6.11. The molecule has 1 aromatic rings. The minimum absolute atomic E-state index is 0.0968. The van der Waals surface area contributed by atoms with E-state index >= 15 is 0 Å². The number of nitrogens with one attached hydrogen (secondary N) is 2. The molecule has 84 valence electrons. The summed E-state index contributed by atoms with van der Waals surface area (Å²) in [5.41, 5.74) is 1.32. The zero-order valence-corrected chi connectivity index (χ0v) is 10.3. The van der Waals surface area contributed by atoms with Crippen molar-refractivity contribution in [3.05, 3.63) is 21.9 Å². The van der Waals surface area contributed by atoms with Crippen molar-refractivity contribution in [2.24, 2.45) is 0 Å². The van der Waals surface area contributed by atoms with Crippen molar-refractivity contribution >= 4 is 17.4 Å². The van der Waals surface area contributed by atoms with E-state index in [1.165, 1.54) is 10.4 Å². The minimum Gasteiger partial charge on any atom is -0.336 e. The summed E-state index contributed by atoms with van der Waals surface area (Å²) in [5.74, 6) is 0. The van der Waals surface area contributed by atoms with Crippen LogP contribution in [0.25, 0.3) is 0 Å². The maximum atomic E-state index is 11.3. The number of rotatable bonds is 4. The zero-order chi connectivity index (χ0) is 11.3. The highest BCUT2D eigenvalue weighted by atomic mass is 32.1. The Hall–Kier alpha value is -1.03. The summed E-state index contributed by atoms with van der Waals surface area (Å²) in [7, 11) is 0. The minimum atomic E-state index is -0.0968. The molecule has 0 bridgehead atoms. The molecule has 1 rings (SSSR count). The predicted molar refractivity (Wildman–Crippen MR) is 64.2 cm³/mol. The molecule has 2 amide bonds. The molecule has 2 N–H and O–H groups in total. The Morgan fingerprint density at radius 2 is 2.27 bits per heavy atom. The summed E-state index contributed by atoms with van der Waals surface area (Å²) in [5, 5.41) is 7.71. The second kappa shape index (κ2) is 5.75. The van der Waals surface area contributed by atoms with Gasteiger partial charge in [0.05, 0.1) is 6.54 Å². The van der Waals surface area contributed by atoms with Crippen molar-refractivity contribution in [1.82, 2.24) is 10.6 Å². The molecule has 0 aliphatic heterocycles. The molecule has 0 atom stereocenters. The molecule has 0 fully saturated rings. The molecule has 1 heterocycles. The van der Waals surface area contributed by atoms with Crippen molar-refractivity contribution in [2.45, 2.75) is 39.8 Å². The van der Waals surface area contributed by atoms with Gasteiger partial charge in [-0.1, -0.05) is 6.92 Å². The van der Waals surface area contributed by atoms with Crippen molar-refractivity contribution in [3.8, 4) is 0 Å². The standard InChI is InChI=1S/C11H18N2OS/c1-4-9-5-6-15-10(9)7-12-11(14)13-8(2)3/h5-6,8H,4,7H2,1-3H3,(H2,12,13,14). The largest absolute Gasteiger partial charge is 0.336 e. The van der Waals surface area contributed by atoms with Crippen LogP contribution in [-0.2, 0) is 13.0 Å². The lowest BCUT2D eigenvalue weighted by Gasteiger charge is -2.09. The van der Waals surface area contributed by atoms with Crippen LogP contribution < -0.4 is 10.6 Å². The maximum absolute atomic E-state index is 11.3. The van der Waals surface area contributed by atoms with Gasteiger partial charge in [-0.05, 0) is 37.3 Å². The van der Waals surface area contributed by atoms with E-state index in [1.54, 1.807) is 11.3 Å². The summed E-state index contributed by atoms with van der Waals surface area (Å²) in [4.78, 5) is 12.6. The van der Waals surface area contributed by atoms with Crippen LogP contribution >= 0.6 is 11.3 Å². The van der Waals surface area contributed by atoms with Gasteiger partial charge < -0.3 is 10.6 Å². The van der Waals surface area contributed by atoms with Gasteiger partial charge in [0.2, 0.25) is 0 Å². The SMILES string of the molecule is CCc1ccsc1CNC(=O)NC(C)C. The molecule has 0 saturated carbocycles. The van der Waals surface area contributed by atoms with Crippen LogP contribution in [0.3, 0.4) is 0 Å². The lowest BCUT2D eigenvalue weighted by atomic mass is 10.2. The van der Waals surface area contributed by atoms with E-state index in [0.29, 0.717) is 6.54 Å². The monoisotopic (exact) mass is 226 g/mol. The van der Waals surface area contributed by atoms with E-state index in [9.17, 15) is 4.79 Å². The Morgan fingerprint density at radius 1 is 1.53 bits per heavy atom. The number of urea groups is 1. The summed E-state index contributed by atoms with van der Waals surface area (Å²) in [6.07, 6.45) is 1.02. The fraction of sp³-hybridized carbons (Fsp3) is 0.545. The molecule has 0 aliphatic rings. The van der Waals surface area contributed by atoms with Crippen molar-refractivity contribution < 1.29 is 4.79 Å². The Kier molecular flexibility index (Phi) is 4.62. The molecular formula is C11H18N2OS. The van der Waals surface area contributed by atoms with Gasteiger partial charge in [-0.2, -0.15) is 0 Å². The summed E-state index contributed by atoms with van der Waals surface area (Å²) < 4.78 is 0. The van der Waals surface area contributed by atoms with Crippen LogP contribution in [0.1, 0.15) is 31.2 Å². The number of amides is 2. The number of hydrogen-bond acceptors (Lipinski definition) is 2. The van der Waals surface area contributed by atoms with Gasteiger partial charge >= 0.3 is 6.03 Å². The topological polar surface area (TPSA) is 41.1 Å². The van der Waals surface area contributed by atoms with Gasteiger partial charge in [-0.15, -0.1) is 11.3 Å². The average molecular weight is 226 g/mol. The normalized spacial score (nSPS) is 10.4.